The molecule has 4 rings (SSSR count). The monoisotopic (exact) mass is 495 g/mol. The van der Waals surface area contributed by atoms with E-state index in [0.717, 1.165) is 22.5 Å². The second-order valence-electron chi connectivity index (χ2n) is 9.05. The van der Waals surface area contributed by atoms with E-state index in [-0.39, 0.29) is 12.3 Å². The summed E-state index contributed by atoms with van der Waals surface area (Å²) in [5.41, 5.74) is 3.84. The predicted molar refractivity (Wildman–Crippen MR) is 133 cm³/mol. The second kappa shape index (κ2) is 9.71. The Hall–Kier alpha value is -3.36. The maximum atomic E-state index is 14.1. The lowest BCUT2D eigenvalue weighted by molar-refractivity contribution is 0.0688. The van der Waals surface area contributed by atoms with Crippen LogP contribution in [0.1, 0.15) is 43.4 Å². The minimum absolute atomic E-state index is 0.0167. The predicted octanol–water partition coefficient (Wildman–Crippen LogP) is 5.31. The highest BCUT2D eigenvalue weighted by Crippen LogP contribution is 2.33. The lowest BCUT2D eigenvalue weighted by atomic mass is 10.1. The second-order valence-corrected chi connectivity index (χ2v) is 9.51. The molecular formula is C26H27ClFN5O2. The fourth-order valence-corrected chi connectivity index (χ4v) is 3.87. The molecule has 1 aliphatic rings. The van der Waals surface area contributed by atoms with Gasteiger partial charge in [-0.25, -0.2) is 14.4 Å². The highest BCUT2D eigenvalue weighted by atomic mass is 35.5. The molecule has 1 N–H and O–H groups in total. The summed E-state index contributed by atoms with van der Waals surface area (Å²) < 4.78 is 19.9. The van der Waals surface area contributed by atoms with E-state index in [1.54, 1.807) is 45.4 Å². The van der Waals surface area contributed by atoms with Crippen molar-refractivity contribution in [2.45, 2.75) is 46.8 Å². The molecular weight excluding hydrogens is 469 g/mol. The molecule has 1 aliphatic heterocycles. The van der Waals surface area contributed by atoms with Gasteiger partial charge in [-0.3, -0.25) is 9.97 Å². The maximum absolute atomic E-state index is 14.1. The van der Waals surface area contributed by atoms with Crippen molar-refractivity contribution in [1.82, 2.24) is 19.9 Å². The smallest absolute Gasteiger partial charge is 0.160 e. The van der Waals surface area contributed by atoms with Crippen molar-refractivity contribution in [2.24, 2.45) is 0 Å². The van der Waals surface area contributed by atoms with Gasteiger partial charge in [0.15, 0.2) is 5.82 Å². The first-order valence-electron chi connectivity index (χ1n) is 11.1. The third-order valence-electron chi connectivity index (χ3n) is 5.58. The summed E-state index contributed by atoms with van der Waals surface area (Å²) in [7, 11) is 0. The van der Waals surface area contributed by atoms with E-state index in [1.807, 2.05) is 26.0 Å². The molecule has 0 saturated heterocycles. The van der Waals surface area contributed by atoms with Crippen LogP contribution in [0.5, 0.6) is 0 Å². The van der Waals surface area contributed by atoms with Gasteiger partial charge in [-0.05, 0) is 63.9 Å². The average Bonchev–Trinajstić information content (AvgIpc) is 2.80. The lowest BCUT2D eigenvalue weighted by Gasteiger charge is -2.31. The van der Waals surface area contributed by atoms with Crippen molar-refractivity contribution in [1.29, 1.82) is 0 Å². The molecule has 35 heavy (non-hydrogen) atoms. The minimum Gasteiger partial charge on any atom is -0.486 e. The summed E-state index contributed by atoms with van der Waals surface area (Å²) in [6.07, 6.45) is 6.82. The topological polar surface area (TPSA) is 84.3 Å². The third-order valence-corrected chi connectivity index (χ3v) is 5.89. The molecule has 3 aromatic heterocycles. The van der Waals surface area contributed by atoms with Crippen molar-refractivity contribution in [3.8, 4) is 11.4 Å². The number of anilines is 1. The highest BCUT2D eigenvalue weighted by Gasteiger charge is 2.23. The van der Waals surface area contributed by atoms with Crippen LogP contribution in [0.2, 0.25) is 0 Å². The van der Waals surface area contributed by atoms with Gasteiger partial charge in [0.25, 0.3) is 0 Å². The van der Waals surface area contributed by atoms with Gasteiger partial charge in [-0.15, -0.1) is 0 Å². The van der Waals surface area contributed by atoms with Crippen LogP contribution in [0, 0.1) is 19.7 Å². The number of hydrogen-bond acceptors (Lipinski definition) is 7. The number of aromatic nitrogens is 4. The summed E-state index contributed by atoms with van der Waals surface area (Å²) in [5, 5.41) is 10.8. The van der Waals surface area contributed by atoms with E-state index >= 15 is 0 Å². The maximum Gasteiger partial charge on any atom is 0.160 e. The normalized spacial score (nSPS) is 14.3. The Morgan fingerprint density at radius 2 is 1.89 bits per heavy atom. The van der Waals surface area contributed by atoms with Crippen LogP contribution in [0.3, 0.4) is 0 Å². The zero-order chi connectivity index (χ0) is 25.3. The Balaban J connectivity index is 1.58. The largest absolute Gasteiger partial charge is 0.486 e. The summed E-state index contributed by atoms with van der Waals surface area (Å²) in [4.78, 5) is 19.4. The zero-order valence-corrected chi connectivity index (χ0v) is 21.1. The highest BCUT2D eigenvalue weighted by molar-refractivity contribution is 6.30. The Morgan fingerprint density at radius 3 is 2.60 bits per heavy atom. The number of ether oxygens (including phenoxy) is 1. The lowest BCUT2D eigenvalue weighted by Crippen LogP contribution is -2.27. The summed E-state index contributed by atoms with van der Waals surface area (Å²) in [6.45, 7) is 9.35. The number of hydrogen-bond donors (Lipinski definition) is 1. The summed E-state index contributed by atoms with van der Waals surface area (Å²) in [5.74, 6) is 0.400. The van der Waals surface area contributed by atoms with Crippen LogP contribution in [0.4, 0.5) is 10.1 Å². The number of nitrogens with zero attached hydrogens (tertiary/aromatic N) is 5. The summed E-state index contributed by atoms with van der Waals surface area (Å²) in [6, 6.07) is 5.12. The number of aryl methyl sites for hydroxylation is 2. The summed E-state index contributed by atoms with van der Waals surface area (Å²) >= 11 is 6.59. The zero-order valence-electron chi connectivity index (χ0n) is 20.3. The first kappa shape index (κ1) is 24.8. The van der Waals surface area contributed by atoms with Gasteiger partial charge in [0.2, 0.25) is 0 Å². The Bertz CT molecular complexity index is 1330. The Kier molecular flexibility index (Phi) is 6.87. The molecule has 0 spiro atoms. The fraction of sp³-hybridized carbons (Fsp3) is 0.308. The Labute approximate surface area is 209 Å². The van der Waals surface area contributed by atoms with Gasteiger partial charge in [-0.1, -0.05) is 11.6 Å². The number of pyridine rings is 2. The fourth-order valence-electron chi connectivity index (χ4n) is 3.64. The molecule has 4 heterocycles. The minimum atomic E-state index is -1.17. The number of aliphatic hydroxyl groups is 1. The van der Waals surface area contributed by atoms with Crippen molar-refractivity contribution in [2.75, 3.05) is 11.4 Å². The molecule has 0 atom stereocenters. The first-order valence-corrected chi connectivity index (χ1v) is 11.5. The van der Waals surface area contributed by atoms with E-state index in [0.29, 0.717) is 34.5 Å². The van der Waals surface area contributed by atoms with Gasteiger partial charge in [0.05, 0.1) is 23.0 Å². The van der Waals surface area contributed by atoms with Crippen LogP contribution in [0.25, 0.3) is 11.4 Å². The standard InChI is InChI=1S/C26H27ClFN5O2/c1-15-8-19(28)22(30-11-15)14-35-24-9-17(3)33(13-18(24)27)23-10-21(31-12-16(23)2)20-6-7-29-25(32-20)26(4,5)34/h6-12,34H,13-14H2,1-5H3. The molecule has 9 heteroatoms. The van der Waals surface area contributed by atoms with E-state index in [9.17, 15) is 9.50 Å². The van der Waals surface area contributed by atoms with Crippen LogP contribution in [-0.4, -0.2) is 31.6 Å². The van der Waals surface area contributed by atoms with Gasteiger partial charge in [0, 0.05) is 36.1 Å². The quantitative estimate of drug-likeness (QED) is 0.496. The number of rotatable bonds is 6. The van der Waals surface area contributed by atoms with Crippen molar-refractivity contribution in [3.05, 3.63) is 87.8 Å². The molecule has 0 aliphatic carbocycles. The average molecular weight is 496 g/mol. The molecule has 0 fully saturated rings. The van der Waals surface area contributed by atoms with Crippen molar-refractivity contribution < 1.29 is 14.2 Å². The van der Waals surface area contributed by atoms with Gasteiger partial charge in [-0.2, -0.15) is 0 Å². The van der Waals surface area contributed by atoms with E-state index < -0.39 is 11.4 Å². The van der Waals surface area contributed by atoms with Crippen LogP contribution in [-0.2, 0) is 16.9 Å². The SMILES string of the molecule is CC1=CC(OCc2ncc(C)cc2F)=C(Cl)CN1c1cc(-c2ccnc(C(C)(C)O)n2)ncc1C. The van der Waals surface area contributed by atoms with E-state index in [4.69, 9.17) is 16.3 Å². The van der Waals surface area contributed by atoms with E-state index in [2.05, 4.69) is 24.8 Å². The number of allylic oxidation sites excluding steroid dienone is 2. The van der Waals surface area contributed by atoms with Gasteiger partial charge >= 0.3 is 0 Å². The first-order chi connectivity index (χ1) is 16.5. The molecule has 0 amide bonds. The molecule has 0 unspecified atom stereocenters. The van der Waals surface area contributed by atoms with Crippen LogP contribution < -0.4 is 4.90 Å². The molecule has 3 aromatic rings. The van der Waals surface area contributed by atoms with Gasteiger partial charge in [0.1, 0.15) is 29.5 Å². The molecule has 0 saturated carbocycles. The van der Waals surface area contributed by atoms with Crippen LogP contribution in [0.15, 0.2) is 59.4 Å². The number of halogens is 2. The van der Waals surface area contributed by atoms with Gasteiger partial charge < -0.3 is 14.7 Å². The molecule has 182 valence electrons. The van der Waals surface area contributed by atoms with Crippen molar-refractivity contribution in [3.63, 3.8) is 0 Å². The van der Waals surface area contributed by atoms with Crippen LogP contribution >= 0.6 is 11.6 Å². The Morgan fingerprint density at radius 1 is 1.11 bits per heavy atom. The molecule has 7 nitrogen and oxygen atoms in total. The molecule has 0 bridgehead atoms. The molecule has 0 aromatic carbocycles. The van der Waals surface area contributed by atoms with Crippen molar-refractivity contribution >= 4 is 17.3 Å². The van der Waals surface area contributed by atoms with E-state index in [1.165, 1.54) is 6.07 Å². The third kappa shape index (κ3) is 5.49. The molecule has 0 radical (unpaired) electrons.